The van der Waals surface area contributed by atoms with Crippen LogP contribution in [-0.2, 0) is 13.1 Å². The molecular weight excluding hydrogens is 290 g/mol. The van der Waals surface area contributed by atoms with Crippen molar-refractivity contribution in [2.45, 2.75) is 90.3 Å². The molecule has 0 aromatic heterocycles. The lowest BCUT2D eigenvalue weighted by Crippen LogP contribution is -2.37. The average molecular weight is 324 g/mol. The van der Waals surface area contributed by atoms with Crippen molar-refractivity contribution in [3.63, 3.8) is 0 Å². The van der Waals surface area contributed by atoms with Gasteiger partial charge in [0.25, 0.3) is 0 Å². The van der Waals surface area contributed by atoms with E-state index in [0.29, 0.717) is 6.04 Å². The van der Waals surface area contributed by atoms with E-state index in [-0.39, 0.29) is 0 Å². The summed E-state index contributed by atoms with van der Waals surface area (Å²) in [4.78, 5) is 2.65. The van der Waals surface area contributed by atoms with E-state index < -0.39 is 0 Å². The molecule has 3 rings (SSSR count). The summed E-state index contributed by atoms with van der Waals surface area (Å²) >= 11 is 0. The van der Waals surface area contributed by atoms with E-state index in [1.165, 1.54) is 68.9 Å². The summed E-state index contributed by atoms with van der Waals surface area (Å²) in [5, 5.41) is 0. The fourth-order valence-corrected chi connectivity index (χ4v) is 4.33. The normalized spacial score (nSPS) is 19.5. The molecule has 1 aliphatic heterocycles. The van der Waals surface area contributed by atoms with Crippen LogP contribution in [0.5, 0.6) is 0 Å². The first kappa shape index (κ1) is 17.6. The van der Waals surface area contributed by atoms with Crippen LogP contribution in [0.3, 0.4) is 0 Å². The Morgan fingerprint density at radius 2 is 1.71 bits per heavy atom. The minimum absolute atomic E-state index is 0.476. The fourth-order valence-electron chi connectivity index (χ4n) is 4.33. The Hall–Kier alpha value is -1.26. The molecule has 1 heterocycles. The topological polar surface area (TPSA) is 3.24 Å². The van der Waals surface area contributed by atoms with Gasteiger partial charge in [-0.2, -0.15) is 0 Å². The number of nitrogens with zero attached hydrogens (tertiary/aromatic N) is 1. The van der Waals surface area contributed by atoms with Gasteiger partial charge in [0.15, 0.2) is 0 Å². The largest absolute Gasteiger partial charge is 0.281 e. The summed E-state index contributed by atoms with van der Waals surface area (Å²) in [6, 6.07) is 9.43. The van der Waals surface area contributed by atoms with Crippen molar-refractivity contribution in [2.24, 2.45) is 5.92 Å². The molecule has 1 saturated carbocycles. The van der Waals surface area contributed by atoms with Gasteiger partial charge in [-0.25, -0.2) is 0 Å². The number of fused-ring (bicyclic) bond motifs is 1. The Balaban J connectivity index is 1.63. The molecule has 1 nitrogen and oxygen atoms in total. The predicted molar refractivity (Wildman–Crippen MR) is 103 cm³/mol. The van der Waals surface area contributed by atoms with Crippen LogP contribution >= 0.6 is 0 Å². The minimum Gasteiger partial charge on any atom is -0.281 e. The number of unbranched alkanes of at least 4 members (excludes halogenated alkanes) is 4. The van der Waals surface area contributed by atoms with Gasteiger partial charge in [-0.1, -0.05) is 75.6 Å². The van der Waals surface area contributed by atoms with E-state index in [1.54, 1.807) is 0 Å². The highest BCUT2D eigenvalue weighted by Gasteiger charge is 2.31. The molecule has 1 aromatic carbocycles. The Morgan fingerprint density at radius 1 is 1.00 bits per heavy atom. The van der Waals surface area contributed by atoms with Crippen LogP contribution in [0.1, 0.15) is 82.3 Å². The van der Waals surface area contributed by atoms with Crippen LogP contribution < -0.4 is 0 Å². The van der Waals surface area contributed by atoms with Crippen molar-refractivity contribution in [3.8, 4) is 11.8 Å². The highest BCUT2D eigenvalue weighted by molar-refractivity contribution is 5.31. The predicted octanol–water partition coefficient (Wildman–Crippen LogP) is 5.92. The molecule has 0 bridgehead atoms. The van der Waals surface area contributed by atoms with Crippen molar-refractivity contribution in [1.29, 1.82) is 0 Å². The summed E-state index contributed by atoms with van der Waals surface area (Å²) in [6.07, 6.45) is 13.4. The second-order valence-electron chi connectivity index (χ2n) is 7.65. The van der Waals surface area contributed by atoms with Gasteiger partial charge in [0.1, 0.15) is 0 Å². The van der Waals surface area contributed by atoms with Crippen LogP contribution in [0.25, 0.3) is 0 Å². The molecule has 1 heteroatoms. The maximum atomic E-state index is 3.72. The van der Waals surface area contributed by atoms with Crippen LogP contribution in [0.15, 0.2) is 24.3 Å². The fraction of sp³-hybridized carbons (Fsp3) is 0.652. The number of benzene rings is 1. The molecular formula is C23H33N. The zero-order valence-electron chi connectivity index (χ0n) is 15.4. The van der Waals surface area contributed by atoms with E-state index in [1.807, 2.05) is 0 Å². The summed E-state index contributed by atoms with van der Waals surface area (Å²) < 4.78 is 0. The highest BCUT2D eigenvalue weighted by Crippen LogP contribution is 2.33. The maximum Gasteiger partial charge on any atom is 0.0748 e. The first-order valence-electron chi connectivity index (χ1n) is 10.2. The highest BCUT2D eigenvalue weighted by atomic mass is 15.2. The third-order valence-electron chi connectivity index (χ3n) is 5.76. The lowest BCUT2D eigenvalue weighted by atomic mass is 9.83. The van der Waals surface area contributed by atoms with Crippen LogP contribution in [0.2, 0.25) is 0 Å². The average Bonchev–Trinajstić information content (AvgIpc) is 3.05. The molecule has 0 radical (unpaired) electrons. The van der Waals surface area contributed by atoms with Crippen molar-refractivity contribution in [1.82, 2.24) is 4.90 Å². The molecule has 0 N–H and O–H groups in total. The molecule has 2 aliphatic rings. The first-order valence-corrected chi connectivity index (χ1v) is 10.2. The molecule has 0 amide bonds. The van der Waals surface area contributed by atoms with Gasteiger partial charge in [0.2, 0.25) is 0 Å². The maximum absolute atomic E-state index is 3.72. The second-order valence-corrected chi connectivity index (χ2v) is 7.65. The number of hydrogen-bond acceptors (Lipinski definition) is 1. The molecule has 1 aromatic rings. The van der Waals surface area contributed by atoms with Gasteiger partial charge in [-0.3, -0.25) is 4.90 Å². The Labute approximate surface area is 148 Å². The second kappa shape index (κ2) is 9.28. The molecule has 0 spiro atoms. The molecule has 1 atom stereocenters. The third-order valence-corrected chi connectivity index (χ3v) is 5.76. The third kappa shape index (κ3) is 4.64. The summed E-state index contributed by atoms with van der Waals surface area (Å²) in [7, 11) is 0. The van der Waals surface area contributed by atoms with Crippen LogP contribution in [0, 0.1) is 17.8 Å². The Kier molecular flexibility index (Phi) is 6.79. The SMILES string of the molecule is CCCCCCC#CC(C1CCCCC1)N1Cc2ccccc2C1. The first-order chi connectivity index (χ1) is 11.9. The molecule has 1 unspecified atom stereocenters. The van der Waals surface area contributed by atoms with Gasteiger partial charge in [0, 0.05) is 19.5 Å². The summed E-state index contributed by atoms with van der Waals surface area (Å²) in [5.41, 5.74) is 3.03. The summed E-state index contributed by atoms with van der Waals surface area (Å²) in [5.74, 6) is 8.06. The van der Waals surface area contributed by atoms with E-state index >= 15 is 0 Å². The Morgan fingerprint density at radius 3 is 2.38 bits per heavy atom. The zero-order valence-corrected chi connectivity index (χ0v) is 15.4. The number of rotatable bonds is 6. The Bertz CT molecular complexity index is 534. The molecule has 1 aliphatic carbocycles. The van der Waals surface area contributed by atoms with E-state index in [2.05, 4.69) is 47.9 Å². The smallest absolute Gasteiger partial charge is 0.0748 e. The van der Waals surface area contributed by atoms with Gasteiger partial charge in [-0.15, -0.1) is 5.92 Å². The van der Waals surface area contributed by atoms with E-state index in [0.717, 1.165) is 25.4 Å². The van der Waals surface area contributed by atoms with Gasteiger partial charge >= 0.3 is 0 Å². The molecule has 24 heavy (non-hydrogen) atoms. The van der Waals surface area contributed by atoms with E-state index in [9.17, 15) is 0 Å². The molecule has 130 valence electrons. The molecule has 1 fully saturated rings. The lowest BCUT2D eigenvalue weighted by molar-refractivity contribution is 0.156. The number of hydrogen-bond donors (Lipinski definition) is 0. The van der Waals surface area contributed by atoms with Crippen LogP contribution in [0.4, 0.5) is 0 Å². The van der Waals surface area contributed by atoms with Gasteiger partial charge < -0.3 is 0 Å². The van der Waals surface area contributed by atoms with Gasteiger partial charge in [0.05, 0.1) is 6.04 Å². The quantitative estimate of drug-likeness (QED) is 0.463. The van der Waals surface area contributed by atoms with E-state index in [4.69, 9.17) is 0 Å². The van der Waals surface area contributed by atoms with Crippen molar-refractivity contribution in [2.75, 3.05) is 0 Å². The van der Waals surface area contributed by atoms with Crippen molar-refractivity contribution in [3.05, 3.63) is 35.4 Å². The monoisotopic (exact) mass is 323 g/mol. The van der Waals surface area contributed by atoms with Gasteiger partial charge in [-0.05, 0) is 36.3 Å². The molecule has 0 saturated heterocycles. The van der Waals surface area contributed by atoms with Crippen LogP contribution in [-0.4, -0.2) is 10.9 Å². The van der Waals surface area contributed by atoms with Crippen molar-refractivity contribution < 1.29 is 0 Å². The van der Waals surface area contributed by atoms with Crippen molar-refractivity contribution >= 4 is 0 Å². The zero-order chi connectivity index (χ0) is 16.6. The summed E-state index contributed by atoms with van der Waals surface area (Å²) in [6.45, 7) is 4.47. The standard InChI is InChI=1S/C23H33N/c1-2-3-4-5-6-10-17-23(20-13-8-7-9-14-20)24-18-21-15-11-12-16-22(21)19-24/h11-12,15-16,20,23H,2-9,13-14,18-19H2,1H3. The minimum atomic E-state index is 0.476. The lowest BCUT2D eigenvalue weighted by Gasteiger charge is -2.33.